The Bertz CT molecular complexity index is 323. The van der Waals surface area contributed by atoms with E-state index >= 15 is 0 Å². The van der Waals surface area contributed by atoms with Crippen LogP contribution in [0.15, 0.2) is 23.1 Å². The second kappa shape index (κ2) is 3.25. The van der Waals surface area contributed by atoms with Crippen molar-refractivity contribution in [3.8, 4) is 0 Å². The largest absolute Gasteiger partial charge is 0.0841 e. The molecule has 13 heavy (non-hydrogen) atoms. The first kappa shape index (κ1) is 9.47. The lowest BCUT2D eigenvalue weighted by molar-refractivity contribution is 0.589. The van der Waals surface area contributed by atoms with Crippen molar-refractivity contribution in [2.24, 2.45) is 0 Å². The van der Waals surface area contributed by atoms with Crippen LogP contribution in [0.4, 0.5) is 0 Å². The molecule has 0 fully saturated rings. The summed E-state index contributed by atoms with van der Waals surface area (Å²) in [4.78, 5) is 1.46. The number of hydrogen-bond donors (Lipinski definition) is 0. The fraction of sp³-hybridized carbons (Fsp3) is 0.455. The van der Waals surface area contributed by atoms with Gasteiger partial charge < -0.3 is 0 Å². The van der Waals surface area contributed by atoms with Gasteiger partial charge in [-0.15, -0.1) is 0 Å². The lowest BCUT2D eigenvalue weighted by Gasteiger charge is -2.19. The zero-order chi connectivity index (χ0) is 9.47. The van der Waals surface area contributed by atoms with Crippen LogP contribution in [0.25, 0.3) is 0 Å². The second-order valence-corrected chi connectivity index (χ2v) is 6.76. The molecule has 0 atom stereocenters. The summed E-state index contributed by atoms with van der Waals surface area (Å²) in [7, 11) is 3.84. The van der Waals surface area contributed by atoms with Crippen LogP contribution in [-0.4, -0.2) is 0 Å². The Morgan fingerprint density at radius 3 is 2.69 bits per heavy atom. The number of fused-ring (bicyclic) bond motifs is 1. The van der Waals surface area contributed by atoms with E-state index in [9.17, 15) is 0 Å². The minimum Gasteiger partial charge on any atom is -0.0841 e. The molecule has 0 saturated heterocycles. The van der Waals surface area contributed by atoms with Gasteiger partial charge in [0.2, 0.25) is 0 Å². The van der Waals surface area contributed by atoms with Crippen LogP contribution >= 0.6 is 21.6 Å². The molecule has 0 aliphatic carbocycles. The average Bonchev–Trinajstić information content (AvgIpc) is 2.47. The highest BCUT2D eigenvalue weighted by Crippen LogP contribution is 2.45. The Morgan fingerprint density at radius 1 is 1.23 bits per heavy atom. The lowest BCUT2D eigenvalue weighted by Crippen LogP contribution is -2.11. The maximum Gasteiger partial charge on any atom is 0.0303 e. The third-order valence-corrected chi connectivity index (χ3v) is 4.66. The highest BCUT2D eigenvalue weighted by atomic mass is 33.1. The predicted octanol–water partition coefficient (Wildman–Crippen LogP) is 4.24. The van der Waals surface area contributed by atoms with E-state index in [-0.39, 0.29) is 5.41 Å². The topological polar surface area (TPSA) is 0 Å². The molecule has 1 aliphatic rings. The first-order valence-electron chi connectivity index (χ1n) is 4.50. The molecule has 0 amide bonds. The summed E-state index contributed by atoms with van der Waals surface area (Å²) in [5, 5.41) is 0. The summed E-state index contributed by atoms with van der Waals surface area (Å²) < 4.78 is 0. The summed E-state index contributed by atoms with van der Waals surface area (Å²) in [5.74, 6) is 1.17. The minimum atomic E-state index is 0.285. The van der Waals surface area contributed by atoms with Crippen molar-refractivity contribution in [3.63, 3.8) is 0 Å². The van der Waals surface area contributed by atoms with Gasteiger partial charge >= 0.3 is 0 Å². The van der Waals surface area contributed by atoms with Crippen molar-refractivity contribution in [3.05, 3.63) is 29.3 Å². The molecule has 0 unspecified atom stereocenters. The van der Waals surface area contributed by atoms with Gasteiger partial charge in [-0.3, -0.25) is 0 Å². The van der Waals surface area contributed by atoms with E-state index < -0.39 is 0 Å². The van der Waals surface area contributed by atoms with Gasteiger partial charge in [0.1, 0.15) is 0 Å². The van der Waals surface area contributed by atoms with E-state index in [4.69, 9.17) is 0 Å². The van der Waals surface area contributed by atoms with E-state index in [1.54, 1.807) is 0 Å². The van der Waals surface area contributed by atoms with Crippen LogP contribution in [0.5, 0.6) is 0 Å². The Hall–Kier alpha value is -0.0800. The van der Waals surface area contributed by atoms with E-state index in [2.05, 4.69) is 39.0 Å². The lowest BCUT2D eigenvalue weighted by atomic mass is 9.86. The van der Waals surface area contributed by atoms with E-state index in [0.717, 1.165) is 0 Å². The Morgan fingerprint density at radius 2 is 2.00 bits per heavy atom. The Balaban J connectivity index is 2.42. The van der Waals surface area contributed by atoms with Crippen LogP contribution in [0, 0.1) is 0 Å². The highest BCUT2D eigenvalue weighted by Gasteiger charge is 2.18. The van der Waals surface area contributed by atoms with Crippen LogP contribution in [0.2, 0.25) is 0 Å². The molecule has 0 spiro atoms. The fourth-order valence-electron chi connectivity index (χ4n) is 1.40. The van der Waals surface area contributed by atoms with Gasteiger partial charge in [-0.05, 0) is 22.6 Å². The van der Waals surface area contributed by atoms with Gasteiger partial charge in [0.15, 0.2) is 0 Å². The molecular weight excluding hydrogens is 196 g/mol. The Labute approximate surface area is 87.9 Å². The molecule has 2 rings (SSSR count). The summed E-state index contributed by atoms with van der Waals surface area (Å²) in [6.45, 7) is 6.80. The Kier molecular flexibility index (Phi) is 2.37. The molecule has 1 heterocycles. The van der Waals surface area contributed by atoms with Crippen molar-refractivity contribution in [1.82, 2.24) is 0 Å². The van der Waals surface area contributed by atoms with Gasteiger partial charge in [-0.25, -0.2) is 0 Å². The molecule has 0 radical (unpaired) electrons. The first-order chi connectivity index (χ1) is 6.07. The van der Waals surface area contributed by atoms with Gasteiger partial charge in [0, 0.05) is 10.6 Å². The van der Waals surface area contributed by atoms with Crippen LogP contribution in [0.3, 0.4) is 0 Å². The molecule has 1 aromatic rings. The summed E-state index contributed by atoms with van der Waals surface area (Å²) in [6.07, 6.45) is 0. The second-order valence-electron chi connectivity index (χ2n) is 4.42. The van der Waals surface area contributed by atoms with Crippen molar-refractivity contribution >= 4 is 21.6 Å². The predicted molar refractivity (Wildman–Crippen MR) is 62.3 cm³/mol. The molecule has 0 aromatic heterocycles. The van der Waals surface area contributed by atoms with Crippen molar-refractivity contribution in [2.75, 3.05) is 0 Å². The third-order valence-electron chi connectivity index (χ3n) is 2.29. The van der Waals surface area contributed by atoms with Crippen LogP contribution < -0.4 is 0 Å². The summed E-state index contributed by atoms with van der Waals surface area (Å²) in [5.41, 5.74) is 3.25. The molecule has 0 saturated carbocycles. The molecule has 1 aromatic carbocycles. The molecule has 0 bridgehead atoms. The maximum absolute atomic E-state index is 2.36. The van der Waals surface area contributed by atoms with Gasteiger partial charge in [-0.2, -0.15) is 0 Å². The molecule has 0 N–H and O–H groups in total. The molecular formula is C11H14S2. The molecule has 0 nitrogen and oxygen atoms in total. The highest BCUT2D eigenvalue weighted by molar-refractivity contribution is 8.76. The van der Waals surface area contributed by atoms with Crippen molar-refractivity contribution in [1.29, 1.82) is 0 Å². The SMILES string of the molecule is CC(C)(C)c1ccc2c(c1)CSS2. The number of rotatable bonds is 0. The van der Waals surface area contributed by atoms with Crippen LogP contribution in [0.1, 0.15) is 31.9 Å². The summed E-state index contributed by atoms with van der Waals surface area (Å²) >= 11 is 0. The normalized spacial score (nSPS) is 15.9. The zero-order valence-corrected chi connectivity index (χ0v) is 9.89. The van der Waals surface area contributed by atoms with Gasteiger partial charge in [0.25, 0.3) is 0 Å². The monoisotopic (exact) mass is 210 g/mol. The molecule has 1 aliphatic heterocycles. The maximum atomic E-state index is 2.36. The smallest absolute Gasteiger partial charge is 0.0303 e. The minimum absolute atomic E-state index is 0.285. The van der Waals surface area contributed by atoms with Crippen LogP contribution in [-0.2, 0) is 11.2 Å². The standard InChI is InChI=1S/C11H14S2/c1-11(2,3)9-4-5-10-8(6-9)7-12-13-10/h4-6H,7H2,1-3H3. The molecule has 2 heteroatoms. The third kappa shape index (κ3) is 1.89. The quantitative estimate of drug-likeness (QED) is 0.587. The first-order valence-corrected chi connectivity index (χ1v) is 6.82. The van der Waals surface area contributed by atoms with Gasteiger partial charge in [0.05, 0.1) is 0 Å². The fourth-order valence-corrected chi connectivity index (χ4v) is 3.83. The number of benzene rings is 1. The summed E-state index contributed by atoms with van der Waals surface area (Å²) in [6, 6.07) is 6.89. The van der Waals surface area contributed by atoms with E-state index in [1.807, 2.05) is 21.6 Å². The molecule has 70 valence electrons. The van der Waals surface area contributed by atoms with E-state index in [0.29, 0.717) is 0 Å². The van der Waals surface area contributed by atoms with E-state index in [1.165, 1.54) is 21.8 Å². The number of hydrogen-bond acceptors (Lipinski definition) is 2. The average molecular weight is 210 g/mol. The zero-order valence-electron chi connectivity index (χ0n) is 8.26. The van der Waals surface area contributed by atoms with Crippen molar-refractivity contribution in [2.45, 2.75) is 36.8 Å². The van der Waals surface area contributed by atoms with Crippen molar-refractivity contribution < 1.29 is 0 Å². The van der Waals surface area contributed by atoms with Gasteiger partial charge in [-0.1, -0.05) is 54.5 Å².